The molecule has 2 aromatic rings. The van der Waals surface area contributed by atoms with Crippen molar-refractivity contribution in [3.63, 3.8) is 0 Å². The Hall–Kier alpha value is -3.14. The highest BCUT2D eigenvalue weighted by molar-refractivity contribution is 6.25. The predicted octanol–water partition coefficient (Wildman–Crippen LogP) is 4.67. The van der Waals surface area contributed by atoms with Crippen molar-refractivity contribution < 1.29 is 14.7 Å². The van der Waals surface area contributed by atoms with Crippen LogP contribution in [0.1, 0.15) is 46.5 Å². The van der Waals surface area contributed by atoms with Crippen LogP contribution in [0.5, 0.6) is 5.75 Å². The molecular weight excluding hydrogens is 326 g/mol. The molecular formula is C22H21NO3. The van der Waals surface area contributed by atoms with Gasteiger partial charge in [0.1, 0.15) is 5.75 Å². The second-order valence-corrected chi connectivity index (χ2v) is 6.62. The minimum atomic E-state index is -0.197. The molecule has 0 radical (unpaired) electrons. The van der Waals surface area contributed by atoms with Gasteiger partial charge in [0, 0.05) is 22.9 Å². The molecule has 0 heterocycles. The largest absolute Gasteiger partial charge is 0.508 e. The third-order valence-corrected chi connectivity index (χ3v) is 4.25. The van der Waals surface area contributed by atoms with E-state index in [1.165, 1.54) is 23.8 Å². The number of aromatic hydroxyl groups is 1. The van der Waals surface area contributed by atoms with Crippen LogP contribution in [0.4, 0.5) is 5.69 Å². The third-order valence-electron chi connectivity index (χ3n) is 4.25. The Kier molecular flexibility index (Phi) is 5.03. The molecule has 0 amide bonds. The van der Waals surface area contributed by atoms with Gasteiger partial charge in [-0.2, -0.15) is 0 Å². The van der Waals surface area contributed by atoms with Gasteiger partial charge in [0.25, 0.3) is 0 Å². The third kappa shape index (κ3) is 3.91. The number of Topliss-reactive ketones (excluding diaryl/α,β-unsaturated/α-hetero) is 1. The van der Waals surface area contributed by atoms with E-state index in [0.717, 1.165) is 18.4 Å². The number of allylic oxidation sites excluding steroid dienone is 4. The zero-order valence-electron chi connectivity index (χ0n) is 14.9. The molecule has 2 N–H and O–H groups in total. The summed E-state index contributed by atoms with van der Waals surface area (Å²) in [4.78, 5) is 25.2. The van der Waals surface area contributed by atoms with Gasteiger partial charge in [-0.25, -0.2) is 0 Å². The van der Waals surface area contributed by atoms with E-state index in [9.17, 15) is 14.7 Å². The standard InChI is InChI=1S/C22H21NO3/c1-14(2)4-3-5-15-6-11-18-19(12-15)22(26)20(13-21(18)25)23-16-7-9-17(24)10-8-16/h4,6-13,23-24H,3,5H2,1-2H3. The lowest BCUT2D eigenvalue weighted by atomic mass is 9.90. The average molecular weight is 347 g/mol. The highest BCUT2D eigenvalue weighted by Crippen LogP contribution is 2.25. The molecule has 1 aliphatic carbocycles. The first-order chi connectivity index (χ1) is 12.4. The number of carbonyl (C=O) groups excluding carboxylic acids is 2. The summed E-state index contributed by atoms with van der Waals surface area (Å²) < 4.78 is 0. The van der Waals surface area contributed by atoms with E-state index < -0.39 is 0 Å². The van der Waals surface area contributed by atoms with Gasteiger partial charge in [-0.3, -0.25) is 9.59 Å². The van der Waals surface area contributed by atoms with Gasteiger partial charge in [-0.15, -0.1) is 0 Å². The van der Waals surface area contributed by atoms with Crippen molar-refractivity contribution >= 4 is 17.3 Å². The summed E-state index contributed by atoms with van der Waals surface area (Å²) in [5.41, 5.74) is 4.06. The normalized spacial score (nSPS) is 13.1. The number of phenolic OH excluding ortho intramolecular Hbond substituents is 1. The molecule has 4 nitrogen and oxygen atoms in total. The van der Waals surface area contributed by atoms with Crippen molar-refractivity contribution in [2.24, 2.45) is 0 Å². The first-order valence-corrected chi connectivity index (χ1v) is 8.57. The number of ketones is 2. The molecule has 132 valence electrons. The summed E-state index contributed by atoms with van der Waals surface area (Å²) in [5, 5.41) is 12.3. The van der Waals surface area contributed by atoms with Crippen LogP contribution in [0.25, 0.3) is 0 Å². The summed E-state index contributed by atoms with van der Waals surface area (Å²) in [5.74, 6) is -0.240. The van der Waals surface area contributed by atoms with Gasteiger partial charge >= 0.3 is 0 Å². The Morgan fingerprint density at radius 3 is 2.46 bits per heavy atom. The van der Waals surface area contributed by atoms with Crippen LogP contribution >= 0.6 is 0 Å². The van der Waals surface area contributed by atoms with Crippen molar-refractivity contribution in [2.45, 2.75) is 26.7 Å². The van der Waals surface area contributed by atoms with Crippen LogP contribution in [0.15, 0.2) is 65.9 Å². The number of aryl methyl sites for hydroxylation is 1. The van der Waals surface area contributed by atoms with Crippen molar-refractivity contribution in [1.82, 2.24) is 0 Å². The summed E-state index contributed by atoms with van der Waals surface area (Å²) >= 11 is 0. The number of phenols is 1. The van der Waals surface area contributed by atoms with Gasteiger partial charge in [0.05, 0.1) is 5.70 Å². The number of rotatable bonds is 5. The highest BCUT2D eigenvalue weighted by Gasteiger charge is 2.25. The summed E-state index contributed by atoms with van der Waals surface area (Å²) in [6, 6.07) is 11.8. The van der Waals surface area contributed by atoms with Gasteiger partial charge in [-0.05, 0) is 62.6 Å². The molecule has 0 aromatic heterocycles. The number of hydrogen-bond donors (Lipinski definition) is 2. The molecule has 4 heteroatoms. The van der Waals surface area contributed by atoms with Crippen molar-refractivity contribution in [1.29, 1.82) is 0 Å². The zero-order chi connectivity index (χ0) is 18.7. The fraction of sp³-hybridized carbons (Fsp3) is 0.182. The molecule has 3 rings (SSSR count). The summed E-state index contributed by atoms with van der Waals surface area (Å²) in [6.45, 7) is 4.11. The Bertz CT molecular complexity index is 917. The Morgan fingerprint density at radius 2 is 1.77 bits per heavy atom. The van der Waals surface area contributed by atoms with Gasteiger partial charge in [0.15, 0.2) is 5.78 Å². The Morgan fingerprint density at radius 1 is 1.04 bits per heavy atom. The molecule has 26 heavy (non-hydrogen) atoms. The Balaban J connectivity index is 1.84. The highest BCUT2D eigenvalue weighted by atomic mass is 16.3. The molecule has 0 saturated heterocycles. The second kappa shape index (κ2) is 7.40. The van der Waals surface area contributed by atoms with Gasteiger partial charge in [-0.1, -0.05) is 23.8 Å². The lowest BCUT2D eigenvalue weighted by molar-refractivity contribution is 0.0985. The number of fused-ring (bicyclic) bond motifs is 1. The number of anilines is 1. The lowest BCUT2D eigenvalue weighted by Gasteiger charge is -2.17. The van der Waals surface area contributed by atoms with E-state index in [1.807, 2.05) is 12.1 Å². The van der Waals surface area contributed by atoms with Crippen molar-refractivity contribution in [3.05, 3.63) is 82.6 Å². The van der Waals surface area contributed by atoms with E-state index in [1.54, 1.807) is 18.2 Å². The zero-order valence-corrected chi connectivity index (χ0v) is 14.9. The molecule has 0 saturated carbocycles. The molecule has 0 unspecified atom stereocenters. The maximum absolute atomic E-state index is 12.8. The predicted molar refractivity (Wildman–Crippen MR) is 103 cm³/mol. The van der Waals surface area contributed by atoms with Crippen LogP contribution in [0.2, 0.25) is 0 Å². The van der Waals surface area contributed by atoms with Crippen LogP contribution in [0, 0.1) is 0 Å². The average Bonchev–Trinajstić information content (AvgIpc) is 2.61. The molecule has 0 aliphatic heterocycles. The maximum Gasteiger partial charge on any atom is 0.210 e. The number of hydrogen-bond acceptors (Lipinski definition) is 4. The van der Waals surface area contributed by atoms with Crippen LogP contribution in [-0.2, 0) is 6.42 Å². The quantitative estimate of drug-likeness (QED) is 0.609. The van der Waals surface area contributed by atoms with Crippen molar-refractivity contribution in [3.8, 4) is 5.75 Å². The van der Waals surface area contributed by atoms with Crippen LogP contribution in [-0.4, -0.2) is 16.7 Å². The molecule has 0 atom stereocenters. The van der Waals surface area contributed by atoms with Crippen molar-refractivity contribution in [2.75, 3.05) is 5.32 Å². The number of nitrogens with one attached hydrogen (secondary N) is 1. The summed E-state index contributed by atoms with van der Waals surface area (Å²) in [7, 11) is 0. The van der Waals surface area contributed by atoms with E-state index in [4.69, 9.17) is 0 Å². The first kappa shape index (κ1) is 17.7. The summed E-state index contributed by atoms with van der Waals surface area (Å²) in [6.07, 6.45) is 5.21. The van der Waals surface area contributed by atoms with Gasteiger partial charge < -0.3 is 10.4 Å². The van der Waals surface area contributed by atoms with E-state index in [0.29, 0.717) is 16.8 Å². The SMILES string of the molecule is CC(C)=CCCc1ccc2c(c1)C(=O)C(Nc1ccc(O)cc1)=CC2=O. The fourth-order valence-electron chi connectivity index (χ4n) is 2.89. The molecule has 1 aliphatic rings. The second-order valence-electron chi connectivity index (χ2n) is 6.62. The van der Waals surface area contributed by atoms with Crippen LogP contribution in [0.3, 0.4) is 0 Å². The smallest absolute Gasteiger partial charge is 0.210 e. The van der Waals surface area contributed by atoms with E-state index in [2.05, 4.69) is 25.2 Å². The molecule has 0 spiro atoms. The van der Waals surface area contributed by atoms with Gasteiger partial charge in [0.2, 0.25) is 5.78 Å². The molecule has 0 fully saturated rings. The molecule has 2 aromatic carbocycles. The Labute approximate surface area is 152 Å². The lowest BCUT2D eigenvalue weighted by Crippen LogP contribution is -2.21. The first-order valence-electron chi connectivity index (χ1n) is 8.57. The van der Waals surface area contributed by atoms with E-state index >= 15 is 0 Å². The fourth-order valence-corrected chi connectivity index (χ4v) is 2.89. The number of benzene rings is 2. The minimum Gasteiger partial charge on any atom is -0.508 e. The molecule has 0 bridgehead atoms. The maximum atomic E-state index is 12.8. The van der Waals surface area contributed by atoms with Crippen LogP contribution < -0.4 is 5.32 Å². The van der Waals surface area contributed by atoms with E-state index in [-0.39, 0.29) is 23.0 Å². The topological polar surface area (TPSA) is 66.4 Å². The minimum absolute atomic E-state index is 0.141. The number of carbonyl (C=O) groups is 2. The monoisotopic (exact) mass is 347 g/mol.